The molecule has 0 fully saturated rings. The molecule has 0 aliphatic rings. The van der Waals surface area contributed by atoms with Crippen LogP contribution in [0, 0.1) is 0 Å². The third-order valence-electron chi connectivity index (χ3n) is 6.50. The van der Waals surface area contributed by atoms with Gasteiger partial charge in [-0.05, 0) is 48.7 Å². The third kappa shape index (κ3) is 8.04. The Bertz CT molecular complexity index is 1450. The Morgan fingerprint density at radius 1 is 1.00 bits per heavy atom. The van der Waals surface area contributed by atoms with Gasteiger partial charge >= 0.3 is 12.4 Å². The van der Waals surface area contributed by atoms with Crippen LogP contribution in [-0.2, 0) is 25.3 Å². The first-order chi connectivity index (χ1) is 20.6. The van der Waals surface area contributed by atoms with Crippen molar-refractivity contribution in [3.8, 4) is 11.3 Å². The number of hydrazine groups is 1. The minimum Gasteiger partial charge on any atom is -0.396 e. The van der Waals surface area contributed by atoms with E-state index in [0.29, 0.717) is 43.6 Å². The van der Waals surface area contributed by atoms with Crippen LogP contribution in [0.1, 0.15) is 59.4 Å². The van der Waals surface area contributed by atoms with E-state index in [2.05, 4.69) is 5.16 Å². The molecule has 1 heterocycles. The monoisotopic (exact) mass is 647 g/mol. The summed E-state index contributed by atoms with van der Waals surface area (Å²) in [5.41, 5.74) is 2.80. The van der Waals surface area contributed by atoms with Crippen molar-refractivity contribution in [1.82, 2.24) is 15.1 Å². The van der Waals surface area contributed by atoms with Gasteiger partial charge < -0.3 is 20.3 Å². The Kier molecular flexibility index (Phi) is 11.3. The van der Waals surface area contributed by atoms with Crippen molar-refractivity contribution < 1.29 is 40.8 Å². The quantitative estimate of drug-likeness (QED) is 0.0643. The third-order valence-corrected chi connectivity index (χ3v) is 6.83. The van der Waals surface area contributed by atoms with Crippen LogP contribution in [0.4, 0.5) is 26.3 Å². The molecule has 8 nitrogen and oxygen atoms in total. The summed E-state index contributed by atoms with van der Waals surface area (Å²) in [7, 11) is 0. The number of carbonyl (C=O) groups excluding carboxylic acids is 1. The number of halogens is 7. The van der Waals surface area contributed by atoms with Gasteiger partial charge in [-0.2, -0.15) is 26.3 Å². The summed E-state index contributed by atoms with van der Waals surface area (Å²) in [5.74, 6) is 5.33. The van der Waals surface area contributed by atoms with Crippen LogP contribution in [0.5, 0.6) is 0 Å². The van der Waals surface area contributed by atoms with Crippen LogP contribution in [0.2, 0.25) is 5.02 Å². The molecule has 0 saturated carbocycles. The summed E-state index contributed by atoms with van der Waals surface area (Å²) in [6.07, 6.45) is -9.15. The van der Waals surface area contributed by atoms with Crippen molar-refractivity contribution in [2.24, 2.45) is 11.6 Å². The Labute approximate surface area is 254 Å². The number of hydrogen-bond acceptors (Lipinski definition) is 8. The molecule has 44 heavy (non-hydrogen) atoms. The molecule has 0 aliphatic carbocycles. The van der Waals surface area contributed by atoms with E-state index in [1.807, 2.05) is 13.8 Å². The molecule has 1 aromatic heterocycles. The van der Waals surface area contributed by atoms with E-state index in [-0.39, 0.29) is 40.3 Å². The molecular weight excluding hydrogens is 616 g/mol. The number of carbonyl (C=O) groups is 1. The molecule has 3 rings (SSSR count). The highest BCUT2D eigenvalue weighted by Crippen LogP contribution is 2.37. The van der Waals surface area contributed by atoms with Gasteiger partial charge in [0.05, 0.1) is 34.0 Å². The van der Waals surface area contributed by atoms with Gasteiger partial charge in [-0.25, -0.2) is 5.84 Å². The molecule has 0 atom stereocenters. The van der Waals surface area contributed by atoms with E-state index in [9.17, 15) is 36.2 Å². The molecule has 0 unspecified atom stereocenters. The maximum absolute atomic E-state index is 14.1. The SMILES string of the molecule is CCCN(CCC)/C(=C(/N)C(=O)c1c(CCO)noc1-c1ccccc1Cl)N(N)Cc1cc(C(F)(F)F)cc(C(F)(F)F)c1. The number of benzene rings is 2. The number of aromatic nitrogens is 1. The predicted molar refractivity (Wildman–Crippen MR) is 152 cm³/mol. The molecule has 0 bridgehead atoms. The number of ketones is 1. The van der Waals surface area contributed by atoms with Gasteiger partial charge in [-0.15, -0.1) is 0 Å². The van der Waals surface area contributed by atoms with Gasteiger partial charge in [-0.3, -0.25) is 9.80 Å². The fraction of sp³-hybridized carbons (Fsp3) is 0.379. The molecule has 240 valence electrons. The lowest BCUT2D eigenvalue weighted by molar-refractivity contribution is -0.143. The number of Topliss-reactive ketones (excluding diaryl/α,β-unsaturated/α-hetero) is 1. The van der Waals surface area contributed by atoms with Crippen molar-refractivity contribution in [2.45, 2.75) is 52.0 Å². The zero-order valence-electron chi connectivity index (χ0n) is 23.9. The minimum absolute atomic E-state index is 0.0182. The normalized spacial score (nSPS) is 12.7. The van der Waals surface area contributed by atoms with Gasteiger partial charge in [-0.1, -0.05) is 42.7 Å². The molecule has 0 aliphatic heterocycles. The lowest BCUT2D eigenvalue weighted by Crippen LogP contribution is -2.43. The van der Waals surface area contributed by atoms with Gasteiger partial charge in [0.1, 0.15) is 11.5 Å². The van der Waals surface area contributed by atoms with Crippen LogP contribution < -0.4 is 11.6 Å². The number of nitrogens with two attached hydrogens (primary N) is 2. The Balaban J connectivity index is 2.21. The molecule has 5 N–H and O–H groups in total. The molecule has 3 aromatic rings. The Morgan fingerprint density at radius 3 is 2.07 bits per heavy atom. The number of alkyl halides is 6. The molecule has 0 spiro atoms. The summed E-state index contributed by atoms with van der Waals surface area (Å²) >= 11 is 6.34. The molecule has 2 aromatic carbocycles. The largest absolute Gasteiger partial charge is 0.416 e. The molecule has 0 amide bonds. The van der Waals surface area contributed by atoms with E-state index in [0.717, 1.165) is 5.01 Å². The van der Waals surface area contributed by atoms with E-state index >= 15 is 0 Å². The predicted octanol–water partition coefficient (Wildman–Crippen LogP) is 6.38. The maximum Gasteiger partial charge on any atom is 0.416 e. The Hall–Kier alpha value is -3.75. The average Bonchev–Trinajstić information content (AvgIpc) is 3.35. The fourth-order valence-electron chi connectivity index (χ4n) is 4.65. The molecule has 0 saturated heterocycles. The highest BCUT2D eigenvalue weighted by Gasteiger charge is 2.37. The van der Waals surface area contributed by atoms with Crippen molar-refractivity contribution in [2.75, 3.05) is 19.7 Å². The fourth-order valence-corrected chi connectivity index (χ4v) is 4.87. The first kappa shape index (κ1) is 34.7. The van der Waals surface area contributed by atoms with Crippen LogP contribution in [0.15, 0.2) is 58.5 Å². The number of nitrogens with zero attached hydrogens (tertiary/aromatic N) is 3. The van der Waals surface area contributed by atoms with E-state index < -0.39 is 53.7 Å². The molecule has 15 heteroatoms. The Morgan fingerprint density at radius 2 is 1.57 bits per heavy atom. The van der Waals surface area contributed by atoms with Gasteiger partial charge in [0.25, 0.3) is 0 Å². The first-order valence-electron chi connectivity index (χ1n) is 13.6. The van der Waals surface area contributed by atoms with E-state index in [1.54, 1.807) is 29.2 Å². The van der Waals surface area contributed by atoms with Gasteiger partial charge in [0, 0.05) is 31.7 Å². The van der Waals surface area contributed by atoms with Crippen LogP contribution in [-0.4, -0.2) is 45.7 Å². The van der Waals surface area contributed by atoms with E-state index in [1.165, 1.54) is 0 Å². The molecular formula is C29H32ClF6N5O3. The zero-order chi connectivity index (χ0) is 32.8. The first-order valence-corrected chi connectivity index (χ1v) is 14.0. The van der Waals surface area contributed by atoms with Crippen molar-refractivity contribution in [1.29, 1.82) is 0 Å². The van der Waals surface area contributed by atoms with Crippen molar-refractivity contribution in [3.05, 3.63) is 87.0 Å². The second-order valence-electron chi connectivity index (χ2n) is 9.88. The summed E-state index contributed by atoms with van der Waals surface area (Å²) in [6.45, 7) is 3.19. The smallest absolute Gasteiger partial charge is 0.396 e. The van der Waals surface area contributed by atoms with Gasteiger partial charge in [0.15, 0.2) is 5.76 Å². The number of aliphatic hydroxyl groups excluding tert-OH is 1. The van der Waals surface area contributed by atoms with E-state index in [4.69, 9.17) is 27.7 Å². The minimum atomic E-state index is -5.06. The second kappa shape index (κ2) is 14.4. The maximum atomic E-state index is 14.1. The number of aliphatic hydroxyl groups is 1. The summed E-state index contributed by atoms with van der Waals surface area (Å²) in [6, 6.07) is 7.56. The number of rotatable bonds is 13. The standard InChI is InChI=1S/C29H32ClF6N5O3/c1-3-10-40(11-4-2)27(41(38)16-17-13-18(28(31,32)33)15-19(14-17)29(34,35)36)24(37)25(43)23-22(9-12-42)39-44-26(23)20-7-5-6-8-21(20)30/h5-8,13-15,42H,3-4,9-12,16,37-38H2,1-2H3/b27-24-. The summed E-state index contributed by atoms with van der Waals surface area (Å²) in [5, 5.41) is 14.6. The summed E-state index contributed by atoms with van der Waals surface area (Å²) < 4.78 is 86.6. The highest BCUT2D eigenvalue weighted by atomic mass is 35.5. The van der Waals surface area contributed by atoms with Crippen LogP contribution in [0.3, 0.4) is 0 Å². The topological polar surface area (TPSA) is 122 Å². The second-order valence-corrected chi connectivity index (χ2v) is 10.3. The van der Waals surface area contributed by atoms with Crippen molar-refractivity contribution >= 4 is 17.4 Å². The van der Waals surface area contributed by atoms with Crippen LogP contribution in [0.25, 0.3) is 11.3 Å². The lowest BCUT2D eigenvalue weighted by atomic mass is 9.99. The number of allylic oxidation sites excluding steroid dienone is 1. The average molecular weight is 648 g/mol. The van der Waals surface area contributed by atoms with Gasteiger partial charge in [0.2, 0.25) is 5.78 Å². The molecule has 0 radical (unpaired) electrons. The summed E-state index contributed by atoms with van der Waals surface area (Å²) in [4.78, 5) is 15.7. The van der Waals surface area contributed by atoms with Crippen molar-refractivity contribution in [3.63, 3.8) is 0 Å². The number of hydrogen-bond donors (Lipinski definition) is 3. The van der Waals surface area contributed by atoms with Crippen LogP contribution >= 0.6 is 11.6 Å². The lowest BCUT2D eigenvalue weighted by Gasteiger charge is -2.34. The zero-order valence-corrected chi connectivity index (χ0v) is 24.7. The highest BCUT2D eigenvalue weighted by molar-refractivity contribution is 6.33.